The van der Waals surface area contributed by atoms with E-state index in [9.17, 15) is 14.3 Å². The molecule has 1 aliphatic heterocycles. The molecule has 1 unspecified atom stereocenters. The first-order valence-electron chi connectivity index (χ1n) is 11.1. The SMILES string of the molecule is COc1cc([C@@H](C)NCC2Cc3ccccc3N(c3ccc(C)c(C(=O)O)c3)C2)ccc1F. The number of nitrogens with zero attached hydrogens (tertiary/aromatic N) is 1. The summed E-state index contributed by atoms with van der Waals surface area (Å²) in [5, 5.41) is 13.2. The molecule has 172 valence electrons. The van der Waals surface area contributed by atoms with Gasteiger partial charge < -0.3 is 20.1 Å². The lowest BCUT2D eigenvalue weighted by atomic mass is 9.91. The second-order valence-corrected chi connectivity index (χ2v) is 8.64. The summed E-state index contributed by atoms with van der Waals surface area (Å²) < 4.78 is 18.9. The fourth-order valence-electron chi connectivity index (χ4n) is 4.48. The first-order valence-corrected chi connectivity index (χ1v) is 11.1. The number of halogens is 1. The number of carboxylic acids is 1. The lowest BCUT2D eigenvalue weighted by Gasteiger charge is -2.37. The van der Waals surface area contributed by atoms with E-state index in [1.54, 1.807) is 18.2 Å². The first-order chi connectivity index (χ1) is 15.9. The summed E-state index contributed by atoms with van der Waals surface area (Å²) in [6.45, 7) is 5.41. The molecule has 33 heavy (non-hydrogen) atoms. The second-order valence-electron chi connectivity index (χ2n) is 8.64. The quantitative estimate of drug-likeness (QED) is 0.500. The van der Waals surface area contributed by atoms with Crippen molar-refractivity contribution < 1.29 is 19.0 Å². The molecule has 4 rings (SSSR count). The van der Waals surface area contributed by atoms with Gasteiger partial charge in [0.1, 0.15) is 0 Å². The van der Waals surface area contributed by atoms with Crippen LogP contribution in [0, 0.1) is 18.7 Å². The predicted molar refractivity (Wildman–Crippen MR) is 128 cm³/mol. The Morgan fingerprint density at radius 2 is 2.00 bits per heavy atom. The predicted octanol–water partition coefficient (Wildman–Crippen LogP) is 5.50. The van der Waals surface area contributed by atoms with E-state index >= 15 is 0 Å². The Hall–Kier alpha value is -3.38. The van der Waals surface area contributed by atoms with Crippen molar-refractivity contribution in [3.05, 3.63) is 88.7 Å². The van der Waals surface area contributed by atoms with Crippen LogP contribution < -0.4 is 15.0 Å². The van der Waals surface area contributed by atoms with Crippen molar-refractivity contribution >= 4 is 17.3 Å². The molecule has 0 bridgehead atoms. The first kappa shape index (κ1) is 22.8. The van der Waals surface area contributed by atoms with Crippen molar-refractivity contribution in [2.24, 2.45) is 5.92 Å². The van der Waals surface area contributed by atoms with Gasteiger partial charge in [-0.15, -0.1) is 0 Å². The van der Waals surface area contributed by atoms with Crippen molar-refractivity contribution in [3.8, 4) is 5.75 Å². The van der Waals surface area contributed by atoms with E-state index in [0.29, 0.717) is 11.5 Å². The van der Waals surface area contributed by atoms with Crippen LogP contribution in [0.4, 0.5) is 15.8 Å². The molecule has 1 aliphatic rings. The van der Waals surface area contributed by atoms with Gasteiger partial charge in [-0.1, -0.05) is 30.3 Å². The number of carboxylic acid groups (broad SMARTS) is 1. The molecule has 0 amide bonds. The number of methoxy groups -OCH3 is 1. The fourth-order valence-corrected chi connectivity index (χ4v) is 4.48. The monoisotopic (exact) mass is 448 g/mol. The molecule has 0 aromatic heterocycles. The third-order valence-corrected chi connectivity index (χ3v) is 6.38. The van der Waals surface area contributed by atoms with Gasteiger partial charge in [-0.3, -0.25) is 0 Å². The largest absolute Gasteiger partial charge is 0.494 e. The van der Waals surface area contributed by atoms with Crippen molar-refractivity contribution in [3.63, 3.8) is 0 Å². The Morgan fingerprint density at radius 1 is 1.21 bits per heavy atom. The Morgan fingerprint density at radius 3 is 2.76 bits per heavy atom. The van der Waals surface area contributed by atoms with Crippen molar-refractivity contribution in [1.29, 1.82) is 0 Å². The summed E-state index contributed by atoms with van der Waals surface area (Å²) in [6, 6.07) is 18.9. The van der Waals surface area contributed by atoms with Gasteiger partial charge in [0.05, 0.1) is 12.7 Å². The zero-order valence-electron chi connectivity index (χ0n) is 19.1. The van der Waals surface area contributed by atoms with Crippen molar-refractivity contribution in [2.75, 3.05) is 25.1 Å². The number of hydrogen-bond donors (Lipinski definition) is 2. The average molecular weight is 449 g/mol. The summed E-state index contributed by atoms with van der Waals surface area (Å²) in [4.78, 5) is 13.9. The van der Waals surface area contributed by atoms with Gasteiger partial charge in [0.15, 0.2) is 11.6 Å². The van der Waals surface area contributed by atoms with Crippen LogP contribution in [-0.2, 0) is 6.42 Å². The van der Waals surface area contributed by atoms with Crippen LogP contribution in [0.15, 0.2) is 60.7 Å². The number of aryl methyl sites for hydroxylation is 1. The summed E-state index contributed by atoms with van der Waals surface area (Å²) in [7, 11) is 1.47. The molecular formula is C27H29FN2O3. The minimum absolute atomic E-state index is 0.0307. The second kappa shape index (κ2) is 9.63. The maximum Gasteiger partial charge on any atom is 0.336 e. The standard InChI is InChI=1S/C27H29FN2O3/c1-17-8-10-22(14-23(17)27(31)32)30-16-19(12-21-6-4-5-7-25(21)30)15-29-18(2)20-9-11-24(28)26(13-20)33-3/h4-11,13-14,18-19,29H,12,15-16H2,1-3H3,(H,31,32)/t18-,19?/m1/s1. The minimum Gasteiger partial charge on any atom is -0.494 e. The molecule has 1 heterocycles. The van der Waals surface area contributed by atoms with Gasteiger partial charge in [0.2, 0.25) is 0 Å². The molecule has 0 radical (unpaired) electrons. The number of benzene rings is 3. The Labute approximate surface area is 193 Å². The van der Waals surface area contributed by atoms with E-state index in [1.807, 2.05) is 31.2 Å². The summed E-state index contributed by atoms with van der Waals surface area (Å²) in [5.41, 5.74) is 5.27. The van der Waals surface area contributed by atoms with Crippen LogP contribution in [0.1, 0.15) is 40.0 Å². The average Bonchev–Trinajstić information content (AvgIpc) is 2.82. The number of para-hydroxylation sites is 1. The summed E-state index contributed by atoms with van der Waals surface area (Å²) >= 11 is 0. The van der Waals surface area contributed by atoms with Crippen LogP contribution >= 0.6 is 0 Å². The van der Waals surface area contributed by atoms with E-state index < -0.39 is 5.97 Å². The van der Waals surface area contributed by atoms with Gasteiger partial charge in [-0.25, -0.2) is 9.18 Å². The third-order valence-electron chi connectivity index (χ3n) is 6.38. The lowest BCUT2D eigenvalue weighted by Crippen LogP contribution is -2.38. The molecule has 0 saturated heterocycles. The van der Waals surface area contributed by atoms with Crippen molar-refractivity contribution in [1.82, 2.24) is 5.32 Å². The number of nitrogens with one attached hydrogen (secondary N) is 1. The zero-order valence-corrected chi connectivity index (χ0v) is 19.1. The van der Waals surface area contributed by atoms with E-state index in [1.165, 1.54) is 18.7 Å². The van der Waals surface area contributed by atoms with Crippen LogP contribution in [0.3, 0.4) is 0 Å². The van der Waals surface area contributed by atoms with Crippen LogP contribution in [-0.4, -0.2) is 31.3 Å². The summed E-state index contributed by atoms with van der Waals surface area (Å²) in [5.74, 6) is -0.722. The highest BCUT2D eigenvalue weighted by Gasteiger charge is 2.26. The normalized spacial score (nSPS) is 16.2. The molecular weight excluding hydrogens is 419 g/mol. The van der Waals surface area contributed by atoms with Gasteiger partial charge in [0.25, 0.3) is 0 Å². The molecule has 5 nitrogen and oxygen atoms in total. The van der Waals surface area contributed by atoms with E-state index in [-0.39, 0.29) is 17.6 Å². The maximum absolute atomic E-state index is 13.8. The van der Waals surface area contributed by atoms with E-state index in [2.05, 4.69) is 29.3 Å². The highest BCUT2D eigenvalue weighted by Crippen LogP contribution is 2.36. The molecule has 2 N–H and O–H groups in total. The van der Waals surface area contributed by atoms with Crippen LogP contribution in [0.25, 0.3) is 0 Å². The minimum atomic E-state index is -0.915. The number of anilines is 2. The smallest absolute Gasteiger partial charge is 0.336 e. The number of ether oxygens (including phenoxy) is 1. The van der Waals surface area contributed by atoms with Crippen LogP contribution in [0.5, 0.6) is 5.75 Å². The zero-order chi connectivity index (χ0) is 23.5. The number of carbonyl (C=O) groups is 1. The van der Waals surface area contributed by atoms with Gasteiger partial charge >= 0.3 is 5.97 Å². The molecule has 6 heteroatoms. The molecule has 0 spiro atoms. The lowest BCUT2D eigenvalue weighted by molar-refractivity contribution is 0.0696. The van der Waals surface area contributed by atoms with Crippen LogP contribution in [0.2, 0.25) is 0 Å². The topological polar surface area (TPSA) is 61.8 Å². The highest BCUT2D eigenvalue weighted by atomic mass is 19.1. The van der Waals surface area contributed by atoms with E-state index in [0.717, 1.165) is 42.0 Å². The number of fused-ring (bicyclic) bond motifs is 1. The Bertz CT molecular complexity index is 1160. The molecule has 3 aromatic carbocycles. The number of hydrogen-bond acceptors (Lipinski definition) is 4. The van der Waals surface area contributed by atoms with Gasteiger partial charge in [0, 0.05) is 30.5 Å². The molecule has 0 saturated carbocycles. The molecule has 0 fully saturated rings. The maximum atomic E-state index is 13.8. The summed E-state index contributed by atoms with van der Waals surface area (Å²) in [6.07, 6.45) is 0.927. The van der Waals surface area contributed by atoms with E-state index in [4.69, 9.17) is 4.74 Å². The number of aromatic carboxylic acids is 1. The highest BCUT2D eigenvalue weighted by molar-refractivity contribution is 5.91. The molecule has 0 aliphatic carbocycles. The Balaban J connectivity index is 1.54. The third kappa shape index (κ3) is 4.86. The van der Waals surface area contributed by atoms with Crippen molar-refractivity contribution in [2.45, 2.75) is 26.3 Å². The molecule has 3 aromatic rings. The fraction of sp³-hybridized carbons (Fsp3) is 0.296. The van der Waals surface area contributed by atoms with Gasteiger partial charge in [-0.05, 0) is 73.2 Å². The number of rotatable bonds is 7. The Kier molecular flexibility index (Phi) is 6.65. The van der Waals surface area contributed by atoms with Gasteiger partial charge in [-0.2, -0.15) is 0 Å². The molecule has 2 atom stereocenters.